The molecule has 0 saturated carbocycles. The molecular weight excluding hydrogens is 282 g/mol. The van der Waals surface area contributed by atoms with Crippen LogP contribution in [0.3, 0.4) is 0 Å². The summed E-state index contributed by atoms with van der Waals surface area (Å²) in [7, 11) is 0. The molecule has 6 nitrogen and oxygen atoms in total. The van der Waals surface area contributed by atoms with Gasteiger partial charge in [-0.05, 0) is 42.2 Å². The SMILES string of the molecule is CC(=O)N1CCCc2cc(-c3cc(C(=O)O)c(N)[nH]3)ccc21. The van der Waals surface area contributed by atoms with E-state index in [1.54, 1.807) is 11.8 Å². The van der Waals surface area contributed by atoms with Crippen molar-refractivity contribution >= 4 is 23.4 Å². The number of carbonyl (C=O) groups is 2. The molecule has 2 heterocycles. The van der Waals surface area contributed by atoms with Crippen molar-refractivity contribution in [1.82, 2.24) is 4.98 Å². The standard InChI is InChI=1S/C16H17N3O3/c1-9(20)19-6-2-3-11-7-10(4-5-14(11)19)13-8-12(16(21)22)15(17)18-13/h4-5,7-8,18H,2-3,6,17H2,1H3,(H,21,22). The van der Waals surface area contributed by atoms with Crippen molar-refractivity contribution in [3.63, 3.8) is 0 Å². The van der Waals surface area contributed by atoms with Gasteiger partial charge < -0.3 is 20.7 Å². The number of nitrogen functional groups attached to an aromatic ring is 1. The maximum atomic E-state index is 11.7. The lowest BCUT2D eigenvalue weighted by molar-refractivity contribution is -0.116. The van der Waals surface area contributed by atoms with E-state index in [9.17, 15) is 9.59 Å². The molecule has 0 atom stereocenters. The van der Waals surface area contributed by atoms with Crippen LogP contribution in [0.1, 0.15) is 29.3 Å². The Hall–Kier alpha value is -2.76. The van der Waals surface area contributed by atoms with E-state index in [1.165, 1.54) is 6.07 Å². The van der Waals surface area contributed by atoms with E-state index in [0.29, 0.717) is 5.69 Å². The van der Waals surface area contributed by atoms with Crippen LogP contribution in [0.4, 0.5) is 11.5 Å². The minimum Gasteiger partial charge on any atom is -0.478 e. The largest absolute Gasteiger partial charge is 0.478 e. The van der Waals surface area contributed by atoms with Gasteiger partial charge in [0.25, 0.3) is 0 Å². The van der Waals surface area contributed by atoms with E-state index in [1.807, 2.05) is 18.2 Å². The van der Waals surface area contributed by atoms with E-state index in [-0.39, 0.29) is 17.3 Å². The minimum absolute atomic E-state index is 0.0333. The Morgan fingerprint density at radius 2 is 2.09 bits per heavy atom. The van der Waals surface area contributed by atoms with Crippen molar-refractivity contribution in [2.75, 3.05) is 17.2 Å². The second-order valence-electron chi connectivity index (χ2n) is 5.43. The van der Waals surface area contributed by atoms with Gasteiger partial charge >= 0.3 is 5.97 Å². The Morgan fingerprint density at radius 3 is 2.73 bits per heavy atom. The van der Waals surface area contributed by atoms with E-state index in [4.69, 9.17) is 10.8 Å². The van der Waals surface area contributed by atoms with Crippen LogP contribution in [-0.4, -0.2) is 28.5 Å². The molecule has 0 spiro atoms. The third kappa shape index (κ3) is 2.32. The highest BCUT2D eigenvalue weighted by molar-refractivity contribution is 5.95. The molecule has 2 aromatic rings. The summed E-state index contributed by atoms with van der Waals surface area (Å²) in [5, 5.41) is 9.07. The summed E-state index contributed by atoms with van der Waals surface area (Å²) in [5.74, 6) is -0.878. The predicted molar refractivity (Wildman–Crippen MR) is 83.9 cm³/mol. The highest BCUT2D eigenvalue weighted by Gasteiger charge is 2.21. The first-order chi connectivity index (χ1) is 10.5. The van der Waals surface area contributed by atoms with Crippen LogP contribution in [0.25, 0.3) is 11.3 Å². The third-order valence-corrected chi connectivity index (χ3v) is 3.97. The molecule has 0 radical (unpaired) electrons. The molecule has 1 aromatic heterocycles. The summed E-state index contributed by atoms with van der Waals surface area (Å²) in [6, 6.07) is 7.30. The van der Waals surface area contributed by atoms with Crippen LogP contribution in [0.2, 0.25) is 0 Å². The number of rotatable bonds is 2. The smallest absolute Gasteiger partial charge is 0.339 e. The lowest BCUT2D eigenvalue weighted by Gasteiger charge is -2.28. The first-order valence-corrected chi connectivity index (χ1v) is 7.10. The number of hydrogen-bond acceptors (Lipinski definition) is 3. The summed E-state index contributed by atoms with van der Waals surface area (Å²) in [4.78, 5) is 27.4. The minimum atomic E-state index is -1.05. The Balaban J connectivity index is 2.02. The van der Waals surface area contributed by atoms with Gasteiger partial charge in [-0.25, -0.2) is 4.79 Å². The van der Waals surface area contributed by atoms with Crippen LogP contribution in [0, 0.1) is 0 Å². The molecule has 0 bridgehead atoms. The number of benzene rings is 1. The Kier molecular flexibility index (Phi) is 3.36. The van der Waals surface area contributed by atoms with Gasteiger partial charge in [-0.2, -0.15) is 0 Å². The van der Waals surface area contributed by atoms with Gasteiger partial charge in [-0.3, -0.25) is 4.79 Å². The molecule has 1 aliphatic heterocycles. The molecule has 0 saturated heterocycles. The lowest BCUT2D eigenvalue weighted by Crippen LogP contribution is -2.33. The fraction of sp³-hybridized carbons (Fsp3) is 0.250. The van der Waals surface area contributed by atoms with Gasteiger partial charge in [-0.1, -0.05) is 6.07 Å². The molecule has 4 N–H and O–H groups in total. The molecule has 114 valence electrons. The second kappa shape index (κ2) is 5.22. The Bertz CT molecular complexity index is 764. The van der Waals surface area contributed by atoms with Crippen LogP contribution < -0.4 is 10.6 Å². The van der Waals surface area contributed by atoms with Crippen molar-refractivity contribution in [2.24, 2.45) is 0 Å². The maximum absolute atomic E-state index is 11.7. The molecule has 0 fully saturated rings. The number of aromatic carboxylic acids is 1. The number of aromatic amines is 1. The number of carboxylic acid groups (broad SMARTS) is 1. The molecule has 1 aliphatic rings. The van der Waals surface area contributed by atoms with Gasteiger partial charge in [0.15, 0.2) is 0 Å². The third-order valence-electron chi connectivity index (χ3n) is 3.97. The van der Waals surface area contributed by atoms with Crippen molar-refractivity contribution in [3.05, 3.63) is 35.4 Å². The molecule has 1 aromatic carbocycles. The van der Waals surface area contributed by atoms with Crippen LogP contribution in [0.15, 0.2) is 24.3 Å². The number of carboxylic acids is 1. The number of amides is 1. The van der Waals surface area contributed by atoms with Crippen molar-refractivity contribution < 1.29 is 14.7 Å². The van der Waals surface area contributed by atoms with E-state index < -0.39 is 5.97 Å². The number of anilines is 2. The summed E-state index contributed by atoms with van der Waals surface area (Å²) in [5.41, 5.74) is 9.30. The second-order valence-corrected chi connectivity index (χ2v) is 5.43. The number of nitrogens with zero attached hydrogens (tertiary/aromatic N) is 1. The lowest BCUT2D eigenvalue weighted by atomic mass is 9.98. The van der Waals surface area contributed by atoms with Crippen molar-refractivity contribution in [2.45, 2.75) is 19.8 Å². The highest BCUT2D eigenvalue weighted by Crippen LogP contribution is 2.32. The summed E-state index contributed by atoms with van der Waals surface area (Å²) >= 11 is 0. The average Bonchev–Trinajstić information content (AvgIpc) is 2.88. The quantitative estimate of drug-likeness (QED) is 0.792. The first kappa shape index (κ1) is 14.2. The molecule has 1 amide bonds. The van der Waals surface area contributed by atoms with Gasteiger partial charge in [0.2, 0.25) is 5.91 Å². The summed E-state index contributed by atoms with van der Waals surface area (Å²) in [6.07, 6.45) is 1.82. The van der Waals surface area contributed by atoms with Crippen molar-refractivity contribution in [1.29, 1.82) is 0 Å². The van der Waals surface area contributed by atoms with Crippen LogP contribution in [0.5, 0.6) is 0 Å². The molecular formula is C16H17N3O3. The monoisotopic (exact) mass is 299 g/mol. The number of nitrogens with two attached hydrogens (primary N) is 1. The number of carbonyl (C=O) groups excluding carboxylic acids is 1. The number of aryl methyl sites for hydroxylation is 1. The summed E-state index contributed by atoms with van der Waals surface area (Å²) < 4.78 is 0. The number of nitrogens with one attached hydrogen (secondary N) is 1. The number of hydrogen-bond donors (Lipinski definition) is 3. The van der Waals surface area contributed by atoms with Gasteiger partial charge in [0.05, 0.1) is 0 Å². The number of H-pyrrole nitrogens is 1. The maximum Gasteiger partial charge on any atom is 0.339 e. The zero-order chi connectivity index (χ0) is 15.9. The molecule has 3 rings (SSSR count). The average molecular weight is 299 g/mol. The van der Waals surface area contributed by atoms with E-state index in [2.05, 4.69) is 4.98 Å². The van der Waals surface area contributed by atoms with E-state index in [0.717, 1.165) is 36.2 Å². The predicted octanol–water partition coefficient (Wildman–Crippen LogP) is 2.26. The zero-order valence-electron chi connectivity index (χ0n) is 12.2. The Morgan fingerprint density at radius 1 is 1.32 bits per heavy atom. The van der Waals surface area contributed by atoms with E-state index >= 15 is 0 Å². The molecule has 22 heavy (non-hydrogen) atoms. The normalized spacial score (nSPS) is 13.8. The summed E-state index contributed by atoms with van der Waals surface area (Å²) in [6.45, 7) is 2.30. The van der Waals surface area contributed by atoms with Gasteiger partial charge in [0.1, 0.15) is 11.4 Å². The van der Waals surface area contributed by atoms with Crippen molar-refractivity contribution in [3.8, 4) is 11.3 Å². The first-order valence-electron chi connectivity index (χ1n) is 7.10. The zero-order valence-corrected chi connectivity index (χ0v) is 12.2. The topological polar surface area (TPSA) is 99.4 Å². The van der Waals surface area contributed by atoms with Gasteiger partial charge in [-0.15, -0.1) is 0 Å². The molecule has 0 aliphatic carbocycles. The molecule has 6 heteroatoms. The van der Waals surface area contributed by atoms with Crippen LogP contribution >= 0.6 is 0 Å². The fourth-order valence-electron chi connectivity index (χ4n) is 2.89. The Labute approximate surface area is 127 Å². The fourth-order valence-corrected chi connectivity index (χ4v) is 2.89. The molecule has 0 unspecified atom stereocenters. The highest BCUT2D eigenvalue weighted by atomic mass is 16.4. The number of aromatic nitrogens is 1. The van der Waals surface area contributed by atoms with Gasteiger partial charge in [0, 0.05) is 24.8 Å². The number of fused-ring (bicyclic) bond motifs is 1. The van der Waals surface area contributed by atoms with Crippen LogP contribution in [-0.2, 0) is 11.2 Å².